The fourth-order valence-corrected chi connectivity index (χ4v) is 1.34. The molecule has 0 saturated heterocycles. The van der Waals surface area contributed by atoms with Gasteiger partial charge in [0, 0.05) is 10.3 Å². The molecule has 0 bridgehead atoms. The molecule has 1 aromatic heterocycles. The number of rotatable bonds is 1. The second-order valence-corrected chi connectivity index (χ2v) is 3.07. The maximum absolute atomic E-state index is 10.8. The molecule has 1 rings (SSSR count). The Morgan fingerprint density at radius 3 is 2.91 bits per heavy atom. The van der Waals surface area contributed by atoms with Crippen molar-refractivity contribution in [3.8, 4) is 0 Å². The third-order valence-electron chi connectivity index (χ3n) is 1.12. The average molecular weight is 167 g/mol. The number of thiophene rings is 1. The highest BCUT2D eigenvalue weighted by Crippen LogP contribution is 2.13. The molecule has 0 aliphatic heterocycles. The number of isocyanates is 1. The summed E-state index contributed by atoms with van der Waals surface area (Å²) in [6, 6.07) is 1.69. The minimum atomic E-state index is -0.524. The topological polar surface area (TPSA) is 46.5 Å². The first-order valence-corrected chi connectivity index (χ1v) is 3.79. The van der Waals surface area contributed by atoms with Crippen molar-refractivity contribution in [1.29, 1.82) is 0 Å². The van der Waals surface area contributed by atoms with E-state index in [0.29, 0.717) is 5.56 Å². The summed E-state index contributed by atoms with van der Waals surface area (Å²) < 4.78 is 0. The molecule has 1 heterocycles. The summed E-state index contributed by atoms with van der Waals surface area (Å²) in [6.07, 6.45) is 1.21. The second kappa shape index (κ2) is 3.23. The van der Waals surface area contributed by atoms with E-state index in [4.69, 9.17) is 0 Å². The Labute approximate surface area is 67.4 Å². The Hall–Kier alpha value is -1.25. The van der Waals surface area contributed by atoms with Gasteiger partial charge in [0.1, 0.15) is 0 Å². The zero-order valence-electron chi connectivity index (χ0n) is 5.83. The molecule has 0 aliphatic rings. The number of aryl methyl sites for hydroxylation is 1. The molecule has 0 atom stereocenters. The summed E-state index contributed by atoms with van der Waals surface area (Å²) >= 11 is 1.45. The van der Waals surface area contributed by atoms with Crippen molar-refractivity contribution in [1.82, 2.24) is 0 Å². The largest absolute Gasteiger partial charge is 0.288 e. The predicted molar refractivity (Wildman–Crippen MR) is 41.5 cm³/mol. The number of hydrogen-bond acceptors (Lipinski definition) is 3. The fourth-order valence-electron chi connectivity index (χ4n) is 0.662. The molecule has 56 valence electrons. The number of carbonyl (C=O) groups is 1. The standard InChI is InChI=1S/C7H5NO2S/c1-5-2-6(3-11-5)7(10)8-4-9/h2-3H,1H3. The molecule has 3 nitrogen and oxygen atoms in total. The molecule has 1 aromatic rings. The van der Waals surface area contributed by atoms with E-state index < -0.39 is 5.91 Å². The van der Waals surface area contributed by atoms with E-state index in [1.54, 1.807) is 11.4 Å². The molecule has 0 aliphatic carbocycles. The van der Waals surface area contributed by atoms with Gasteiger partial charge in [-0.2, -0.15) is 0 Å². The van der Waals surface area contributed by atoms with E-state index in [0.717, 1.165) is 4.88 Å². The summed E-state index contributed by atoms with van der Waals surface area (Å²) in [4.78, 5) is 24.5. The van der Waals surface area contributed by atoms with Gasteiger partial charge >= 0.3 is 0 Å². The lowest BCUT2D eigenvalue weighted by Gasteiger charge is -1.80. The van der Waals surface area contributed by atoms with Crippen LogP contribution in [-0.4, -0.2) is 12.0 Å². The van der Waals surface area contributed by atoms with E-state index >= 15 is 0 Å². The molecule has 0 radical (unpaired) electrons. The first kappa shape index (κ1) is 7.85. The Bertz CT molecular complexity index is 323. The molecule has 11 heavy (non-hydrogen) atoms. The van der Waals surface area contributed by atoms with Gasteiger partial charge in [-0.1, -0.05) is 0 Å². The summed E-state index contributed by atoms with van der Waals surface area (Å²) in [7, 11) is 0. The predicted octanol–water partition coefficient (Wildman–Crippen LogP) is 1.53. The van der Waals surface area contributed by atoms with Gasteiger partial charge in [-0.3, -0.25) is 4.79 Å². The van der Waals surface area contributed by atoms with E-state index in [2.05, 4.69) is 4.99 Å². The number of nitrogens with zero attached hydrogens (tertiary/aromatic N) is 1. The molecular weight excluding hydrogens is 162 g/mol. The maximum Gasteiger partial charge on any atom is 0.288 e. The van der Waals surface area contributed by atoms with Gasteiger partial charge in [-0.15, -0.1) is 16.3 Å². The zero-order valence-corrected chi connectivity index (χ0v) is 6.64. The van der Waals surface area contributed by atoms with Crippen LogP contribution in [-0.2, 0) is 4.79 Å². The first-order valence-electron chi connectivity index (χ1n) is 2.91. The van der Waals surface area contributed by atoms with Crippen molar-refractivity contribution in [2.45, 2.75) is 6.92 Å². The van der Waals surface area contributed by atoms with Crippen LogP contribution >= 0.6 is 11.3 Å². The Morgan fingerprint density at radius 1 is 1.73 bits per heavy atom. The van der Waals surface area contributed by atoms with Gasteiger partial charge < -0.3 is 0 Å². The Balaban J connectivity index is 2.93. The smallest absolute Gasteiger partial charge is 0.266 e. The minimum absolute atomic E-state index is 0.454. The van der Waals surface area contributed by atoms with Crippen LogP contribution in [0.2, 0.25) is 0 Å². The summed E-state index contributed by atoms with van der Waals surface area (Å²) in [5, 5.41) is 1.67. The first-order chi connectivity index (χ1) is 5.24. The highest BCUT2D eigenvalue weighted by molar-refractivity contribution is 7.10. The van der Waals surface area contributed by atoms with E-state index in [9.17, 15) is 9.59 Å². The zero-order chi connectivity index (χ0) is 8.27. The van der Waals surface area contributed by atoms with E-state index in [1.807, 2.05) is 6.92 Å². The van der Waals surface area contributed by atoms with Crippen molar-refractivity contribution in [2.75, 3.05) is 0 Å². The molecule has 0 aromatic carbocycles. The molecule has 1 amide bonds. The van der Waals surface area contributed by atoms with Gasteiger partial charge in [-0.05, 0) is 13.0 Å². The van der Waals surface area contributed by atoms with Crippen molar-refractivity contribution in [3.63, 3.8) is 0 Å². The van der Waals surface area contributed by atoms with Gasteiger partial charge in [0.15, 0.2) is 0 Å². The molecule has 0 fully saturated rings. The Morgan fingerprint density at radius 2 is 2.45 bits per heavy atom. The maximum atomic E-state index is 10.8. The van der Waals surface area contributed by atoms with Crippen LogP contribution in [0.15, 0.2) is 16.4 Å². The van der Waals surface area contributed by atoms with Crippen LogP contribution < -0.4 is 0 Å². The molecule has 0 saturated carbocycles. The number of aliphatic imine (C=N–C) groups is 1. The van der Waals surface area contributed by atoms with Crippen LogP contribution in [0, 0.1) is 6.92 Å². The van der Waals surface area contributed by atoms with Crippen LogP contribution in [0.25, 0.3) is 0 Å². The number of amides is 1. The average Bonchev–Trinajstić information content (AvgIpc) is 2.36. The highest BCUT2D eigenvalue weighted by Gasteiger charge is 2.04. The van der Waals surface area contributed by atoms with Crippen LogP contribution in [0.3, 0.4) is 0 Å². The summed E-state index contributed by atoms with van der Waals surface area (Å²) in [5.74, 6) is -0.524. The van der Waals surface area contributed by atoms with Gasteiger partial charge in [0.25, 0.3) is 5.91 Å². The van der Waals surface area contributed by atoms with Gasteiger partial charge in [0.2, 0.25) is 6.08 Å². The van der Waals surface area contributed by atoms with E-state index in [1.165, 1.54) is 17.4 Å². The number of hydrogen-bond donors (Lipinski definition) is 0. The van der Waals surface area contributed by atoms with E-state index in [-0.39, 0.29) is 0 Å². The van der Waals surface area contributed by atoms with Gasteiger partial charge in [-0.25, -0.2) is 4.79 Å². The third-order valence-corrected chi connectivity index (χ3v) is 1.99. The summed E-state index contributed by atoms with van der Waals surface area (Å²) in [5.41, 5.74) is 0.454. The van der Waals surface area contributed by atoms with Crippen LogP contribution in [0.4, 0.5) is 0 Å². The normalized spacial score (nSPS) is 8.82. The van der Waals surface area contributed by atoms with Gasteiger partial charge in [0.05, 0.1) is 5.56 Å². The lowest BCUT2D eigenvalue weighted by Crippen LogP contribution is -1.89. The monoisotopic (exact) mass is 167 g/mol. The fraction of sp³-hybridized carbons (Fsp3) is 0.143. The lowest BCUT2D eigenvalue weighted by molar-refractivity contribution is 0.100. The minimum Gasteiger partial charge on any atom is -0.266 e. The highest BCUT2D eigenvalue weighted by atomic mass is 32.1. The number of carbonyl (C=O) groups excluding carboxylic acids is 2. The molecule has 0 spiro atoms. The van der Waals surface area contributed by atoms with Crippen molar-refractivity contribution >= 4 is 23.3 Å². The van der Waals surface area contributed by atoms with Crippen LogP contribution in [0.5, 0.6) is 0 Å². The molecule has 0 unspecified atom stereocenters. The van der Waals surface area contributed by atoms with Crippen molar-refractivity contribution in [3.05, 3.63) is 21.9 Å². The molecule has 0 N–H and O–H groups in total. The molecule has 4 heteroatoms. The quantitative estimate of drug-likeness (QED) is 0.470. The molecular formula is C7H5NO2S. The SMILES string of the molecule is Cc1cc(C(=O)N=C=O)cs1. The third kappa shape index (κ3) is 1.83. The van der Waals surface area contributed by atoms with Crippen molar-refractivity contribution < 1.29 is 9.59 Å². The van der Waals surface area contributed by atoms with Crippen LogP contribution in [0.1, 0.15) is 15.2 Å². The second-order valence-electron chi connectivity index (χ2n) is 1.95. The Kier molecular flexibility index (Phi) is 2.31. The van der Waals surface area contributed by atoms with Crippen molar-refractivity contribution in [2.24, 2.45) is 4.99 Å². The lowest BCUT2D eigenvalue weighted by atomic mass is 10.3. The summed E-state index contributed by atoms with van der Waals surface area (Å²) in [6.45, 7) is 1.88.